The Morgan fingerprint density at radius 3 is 2.61 bits per heavy atom. The minimum Gasteiger partial charge on any atom is -0.481 e. The van der Waals surface area contributed by atoms with Gasteiger partial charge in [-0.2, -0.15) is 9.78 Å². The van der Waals surface area contributed by atoms with Crippen LogP contribution in [0.5, 0.6) is 17.2 Å². The summed E-state index contributed by atoms with van der Waals surface area (Å²) in [4.78, 5) is 37.5. The standard InChI is InChI=1S/C23H21N3O7/c1-3-30-23(29)22-19(11-21(28)26(25-22)16-7-4-14(2)5-8-16)31-12-20(27)24-15-6-9-17-18(10-15)33-13-32-17/h4-11H,3,12-13H2,1-2H3,(H,24,27). The van der Waals surface area contributed by atoms with Gasteiger partial charge in [0.05, 0.1) is 18.4 Å². The predicted molar refractivity (Wildman–Crippen MR) is 117 cm³/mol. The topological polar surface area (TPSA) is 118 Å². The van der Waals surface area contributed by atoms with Crippen LogP contribution in [0.1, 0.15) is 23.0 Å². The summed E-state index contributed by atoms with van der Waals surface area (Å²) in [5, 5.41) is 6.79. The highest BCUT2D eigenvalue weighted by molar-refractivity contribution is 5.93. The van der Waals surface area contributed by atoms with Gasteiger partial charge in [-0.25, -0.2) is 4.79 Å². The third kappa shape index (κ3) is 4.95. The number of benzene rings is 2. The van der Waals surface area contributed by atoms with Gasteiger partial charge in [-0.15, -0.1) is 0 Å². The highest BCUT2D eigenvalue weighted by atomic mass is 16.7. The largest absolute Gasteiger partial charge is 0.481 e. The molecule has 1 aliphatic heterocycles. The lowest BCUT2D eigenvalue weighted by Crippen LogP contribution is -2.27. The molecule has 33 heavy (non-hydrogen) atoms. The van der Waals surface area contributed by atoms with Crippen molar-refractivity contribution in [3.05, 3.63) is 70.1 Å². The Bertz CT molecular complexity index is 1250. The number of fused-ring (bicyclic) bond motifs is 1. The number of anilines is 1. The van der Waals surface area contributed by atoms with Crippen molar-refractivity contribution in [1.29, 1.82) is 0 Å². The van der Waals surface area contributed by atoms with Gasteiger partial charge in [0, 0.05) is 11.8 Å². The Morgan fingerprint density at radius 1 is 1.09 bits per heavy atom. The van der Waals surface area contributed by atoms with Crippen molar-refractivity contribution < 1.29 is 28.5 Å². The van der Waals surface area contributed by atoms with Crippen LogP contribution in [0, 0.1) is 6.92 Å². The van der Waals surface area contributed by atoms with Gasteiger partial charge in [-0.05, 0) is 38.1 Å². The van der Waals surface area contributed by atoms with E-state index in [1.165, 1.54) is 0 Å². The molecular formula is C23H21N3O7. The second-order valence-electron chi connectivity index (χ2n) is 7.07. The lowest BCUT2D eigenvalue weighted by atomic mass is 10.2. The summed E-state index contributed by atoms with van der Waals surface area (Å²) in [6.45, 7) is 3.32. The van der Waals surface area contributed by atoms with Crippen LogP contribution in [0.3, 0.4) is 0 Å². The molecule has 0 bridgehead atoms. The molecule has 1 aliphatic rings. The molecule has 10 heteroatoms. The molecule has 2 aromatic carbocycles. The number of aromatic nitrogens is 2. The van der Waals surface area contributed by atoms with Gasteiger partial charge in [-0.3, -0.25) is 9.59 Å². The zero-order valence-electron chi connectivity index (χ0n) is 18.0. The van der Waals surface area contributed by atoms with Crippen molar-refractivity contribution in [2.45, 2.75) is 13.8 Å². The highest BCUT2D eigenvalue weighted by Gasteiger charge is 2.21. The maximum atomic E-state index is 12.6. The van der Waals surface area contributed by atoms with E-state index in [2.05, 4.69) is 10.4 Å². The van der Waals surface area contributed by atoms with Crippen molar-refractivity contribution in [1.82, 2.24) is 9.78 Å². The third-order valence-electron chi connectivity index (χ3n) is 4.66. The van der Waals surface area contributed by atoms with Crippen LogP contribution >= 0.6 is 0 Å². The minimum absolute atomic E-state index is 0.105. The molecular weight excluding hydrogens is 430 g/mol. The molecule has 1 aromatic heterocycles. The molecule has 0 aliphatic carbocycles. The monoisotopic (exact) mass is 451 g/mol. The van der Waals surface area contributed by atoms with Crippen molar-refractivity contribution in [3.8, 4) is 22.9 Å². The molecule has 3 aromatic rings. The van der Waals surface area contributed by atoms with E-state index in [-0.39, 0.29) is 24.8 Å². The fourth-order valence-corrected chi connectivity index (χ4v) is 3.08. The van der Waals surface area contributed by atoms with E-state index in [4.69, 9.17) is 18.9 Å². The van der Waals surface area contributed by atoms with Gasteiger partial charge in [0.15, 0.2) is 23.9 Å². The number of esters is 1. The molecule has 0 unspecified atom stereocenters. The number of nitrogens with one attached hydrogen (secondary N) is 1. The molecule has 1 N–H and O–H groups in total. The number of hydrogen-bond acceptors (Lipinski definition) is 8. The summed E-state index contributed by atoms with van der Waals surface area (Å²) in [5.41, 5.74) is 1.21. The Morgan fingerprint density at radius 2 is 1.85 bits per heavy atom. The molecule has 10 nitrogen and oxygen atoms in total. The molecule has 0 fully saturated rings. The maximum absolute atomic E-state index is 12.6. The summed E-state index contributed by atoms with van der Waals surface area (Å²) in [5.74, 6) is -0.329. The highest BCUT2D eigenvalue weighted by Crippen LogP contribution is 2.34. The van der Waals surface area contributed by atoms with E-state index in [9.17, 15) is 14.4 Å². The smallest absolute Gasteiger partial charge is 0.362 e. The summed E-state index contributed by atoms with van der Waals surface area (Å²) in [7, 11) is 0. The first kappa shape index (κ1) is 21.9. The van der Waals surface area contributed by atoms with E-state index in [1.807, 2.05) is 19.1 Å². The Kier molecular flexibility index (Phi) is 6.25. The fourth-order valence-electron chi connectivity index (χ4n) is 3.08. The molecule has 1 amide bonds. The van der Waals surface area contributed by atoms with Crippen molar-refractivity contribution >= 4 is 17.6 Å². The van der Waals surface area contributed by atoms with E-state index in [0.717, 1.165) is 16.3 Å². The van der Waals surface area contributed by atoms with Gasteiger partial charge in [0.1, 0.15) is 0 Å². The molecule has 4 rings (SSSR count). The molecule has 170 valence electrons. The van der Waals surface area contributed by atoms with Crippen molar-refractivity contribution in [3.63, 3.8) is 0 Å². The summed E-state index contributed by atoms with van der Waals surface area (Å²) in [6, 6.07) is 13.1. The molecule has 0 radical (unpaired) electrons. The maximum Gasteiger partial charge on any atom is 0.362 e. The molecule has 0 atom stereocenters. The number of aryl methyl sites for hydroxylation is 1. The molecule has 0 spiro atoms. The fraction of sp³-hybridized carbons (Fsp3) is 0.217. The number of nitrogens with zero attached hydrogens (tertiary/aromatic N) is 2. The number of rotatable bonds is 7. The summed E-state index contributed by atoms with van der Waals surface area (Å²) in [6.07, 6.45) is 0. The number of carbonyl (C=O) groups excluding carboxylic acids is 2. The second-order valence-corrected chi connectivity index (χ2v) is 7.07. The van der Waals surface area contributed by atoms with E-state index >= 15 is 0 Å². The predicted octanol–water partition coefficient (Wildman–Crippen LogP) is 2.46. The zero-order chi connectivity index (χ0) is 23.4. The number of amides is 1. The van der Waals surface area contributed by atoms with E-state index < -0.39 is 24.0 Å². The van der Waals surface area contributed by atoms with Crippen LogP contribution in [0.15, 0.2) is 53.3 Å². The molecule has 0 saturated carbocycles. The van der Waals surface area contributed by atoms with Crippen LogP contribution in [0.4, 0.5) is 5.69 Å². The van der Waals surface area contributed by atoms with E-state index in [1.54, 1.807) is 37.3 Å². The average molecular weight is 451 g/mol. The minimum atomic E-state index is -0.774. The first-order valence-electron chi connectivity index (χ1n) is 10.2. The average Bonchev–Trinajstić information content (AvgIpc) is 3.26. The third-order valence-corrected chi connectivity index (χ3v) is 4.66. The van der Waals surface area contributed by atoms with Crippen molar-refractivity contribution in [2.24, 2.45) is 0 Å². The quantitative estimate of drug-likeness (QED) is 0.545. The van der Waals surface area contributed by atoms with Crippen LogP contribution in [0.2, 0.25) is 0 Å². The lowest BCUT2D eigenvalue weighted by molar-refractivity contribution is -0.118. The number of hydrogen-bond donors (Lipinski definition) is 1. The lowest BCUT2D eigenvalue weighted by Gasteiger charge is -2.13. The van der Waals surface area contributed by atoms with Gasteiger partial charge in [0.25, 0.3) is 11.5 Å². The SMILES string of the molecule is CCOC(=O)c1nn(-c2ccc(C)cc2)c(=O)cc1OCC(=O)Nc1ccc2c(c1)OCO2. The van der Waals surface area contributed by atoms with Crippen LogP contribution in [-0.4, -0.2) is 41.7 Å². The Balaban J connectivity index is 1.53. The van der Waals surface area contributed by atoms with Gasteiger partial charge < -0.3 is 24.3 Å². The van der Waals surface area contributed by atoms with Gasteiger partial charge >= 0.3 is 5.97 Å². The van der Waals surface area contributed by atoms with Gasteiger partial charge in [0.2, 0.25) is 12.5 Å². The molecule has 0 saturated heterocycles. The first-order chi connectivity index (χ1) is 15.9. The van der Waals surface area contributed by atoms with Crippen LogP contribution < -0.4 is 25.1 Å². The normalized spacial score (nSPS) is 11.7. The van der Waals surface area contributed by atoms with Crippen LogP contribution in [0.25, 0.3) is 5.69 Å². The second kappa shape index (κ2) is 9.43. The molecule has 2 heterocycles. The van der Waals surface area contributed by atoms with E-state index in [0.29, 0.717) is 22.9 Å². The van der Waals surface area contributed by atoms with Crippen LogP contribution in [-0.2, 0) is 9.53 Å². The summed E-state index contributed by atoms with van der Waals surface area (Å²) >= 11 is 0. The Labute approximate surface area is 188 Å². The first-order valence-corrected chi connectivity index (χ1v) is 10.2. The number of ether oxygens (including phenoxy) is 4. The Hall–Kier alpha value is -4.34. The van der Waals surface area contributed by atoms with Crippen molar-refractivity contribution in [2.75, 3.05) is 25.3 Å². The zero-order valence-corrected chi connectivity index (χ0v) is 18.0. The number of carbonyl (C=O) groups is 2. The van der Waals surface area contributed by atoms with Gasteiger partial charge in [-0.1, -0.05) is 17.7 Å². The summed E-state index contributed by atoms with van der Waals surface area (Å²) < 4.78 is 22.1.